The molecule has 5 atom stereocenters. The van der Waals surface area contributed by atoms with Crippen molar-refractivity contribution in [2.24, 2.45) is 17.8 Å². The molecule has 0 unspecified atom stereocenters. The van der Waals surface area contributed by atoms with Crippen LogP contribution in [0.5, 0.6) is 0 Å². The van der Waals surface area contributed by atoms with Crippen molar-refractivity contribution in [2.75, 3.05) is 0 Å². The highest BCUT2D eigenvalue weighted by Gasteiger charge is 2.55. The first kappa shape index (κ1) is 17.6. The topological polar surface area (TPSA) is 69.7 Å². The van der Waals surface area contributed by atoms with Crippen molar-refractivity contribution in [3.63, 3.8) is 0 Å². The Morgan fingerprint density at radius 2 is 2.00 bits per heavy atom. The average molecular weight is 344 g/mol. The Kier molecular flexibility index (Phi) is 4.43. The molecule has 5 heteroatoms. The fourth-order valence-electron chi connectivity index (χ4n) is 4.26. The van der Waals surface area contributed by atoms with Gasteiger partial charge in [0.05, 0.1) is 5.92 Å². The van der Waals surface area contributed by atoms with Crippen molar-refractivity contribution in [2.45, 2.75) is 53.2 Å². The van der Waals surface area contributed by atoms with Crippen molar-refractivity contribution >= 4 is 17.7 Å². The van der Waals surface area contributed by atoms with Crippen LogP contribution in [0.15, 0.2) is 34.4 Å². The number of esters is 2. The summed E-state index contributed by atoms with van der Waals surface area (Å²) in [6, 6.07) is 0. The summed E-state index contributed by atoms with van der Waals surface area (Å²) in [4.78, 5) is 37.0. The maximum atomic E-state index is 12.4. The number of ether oxygens (including phenoxy) is 2. The molecule has 0 aromatic heterocycles. The van der Waals surface area contributed by atoms with Crippen LogP contribution in [0.1, 0.15) is 41.0 Å². The molecule has 0 saturated carbocycles. The third kappa shape index (κ3) is 2.75. The first-order valence-electron chi connectivity index (χ1n) is 8.72. The fraction of sp³-hybridized carbons (Fsp3) is 0.550. The second kappa shape index (κ2) is 6.28. The van der Waals surface area contributed by atoms with Crippen LogP contribution in [0.2, 0.25) is 0 Å². The maximum Gasteiger partial charge on any atom is 0.333 e. The van der Waals surface area contributed by atoms with Gasteiger partial charge < -0.3 is 9.47 Å². The van der Waals surface area contributed by atoms with Gasteiger partial charge in [-0.1, -0.05) is 24.1 Å². The minimum atomic E-state index is -0.479. The largest absolute Gasteiger partial charge is 0.461 e. The van der Waals surface area contributed by atoms with Crippen LogP contribution in [0.4, 0.5) is 0 Å². The Bertz CT molecular complexity index is 739. The summed E-state index contributed by atoms with van der Waals surface area (Å²) in [5, 5.41) is 0. The zero-order chi connectivity index (χ0) is 18.5. The van der Waals surface area contributed by atoms with Gasteiger partial charge in [-0.15, -0.1) is 0 Å². The van der Waals surface area contributed by atoms with Gasteiger partial charge in [-0.3, -0.25) is 9.59 Å². The van der Waals surface area contributed by atoms with Gasteiger partial charge in [0.2, 0.25) is 0 Å². The lowest BCUT2D eigenvalue weighted by Crippen LogP contribution is -2.38. The van der Waals surface area contributed by atoms with Gasteiger partial charge in [-0.25, -0.2) is 4.79 Å². The van der Waals surface area contributed by atoms with Crippen LogP contribution >= 0.6 is 0 Å². The second-order valence-corrected chi connectivity index (χ2v) is 7.31. The minimum absolute atomic E-state index is 0.0223. The smallest absolute Gasteiger partial charge is 0.333 e. The third-order valence-electron chi connectivity index (χ3n) is 5.74. The highest BCUT2D eigenvalue weighted by Crippen LogP contribution is 2.48. The second-order valence-electron chi connectivity index (χ2n) is 7.31. The van der Waals surface area contributed by atoms with Crippen molar-refractivity contribution in [1.29, 1.82) is 0 Å². The third-order valence-corrected chi connectivity index (χ3v) is 5.74. The van der Waals surface area contributed by atoms with Gasteiger partial charge in [0.1, 0.15) is 12.2 Å². The van der Waals surface area contributed by atoms with Gasteiger partial charge in [0.25, 0.3) is 0 Å². The number of ketones is 1. The standard InChI is InChI=1S/C20H24O5/c1-6-9(2)19(22)24-14-8-11(4)15-13(21)7-10(3)16(15)18-17(14)12(5)20(23)25-18/h6-7,12,14,16-18H,8H2,1-5H3/b9-6-/t12-,14+,16+,17+,18-/m0/s1. The Hall–Kier alpha value is -2.17. The number of carbonyl (C=O) groups excluding carboxylic acids is 3. The summed E-state index contributed by atoms with van der Waals surface area (Å²) in [7, 11) is 0. The number of allylic oxidation sites excluding steroid dienone is 2. The summed E-state index contributed by atoms with van der Waals surface area (Å²) in [6.07, 6.45) is 2.85. The molecule has 0 N–H and O–H groups in total. The van der Waals surface area contributed by atoms with Crippen LogP contribution in [0.3, 0.4) is 0 Å². The Morgan fingerprint density at radius 1 is 1.32 bits per heavy atom. The first-order valence-corrected chi connectivity index (χ1v) is 8.72. The lowest BCUT2D eigenvalue weighted by molar-refractivity contribution is -0.148. The number of fused-ring (bicyclic) bond motifs is 3. The van der Waals surface area contributed by atoms with Gasteiger partial charge in [0, 0.05) is 29.4 Å². The zero-order valence-corrected chi connectivity index (χ0v) is 15.3. The molecule has 0 aromatic carbocycles. The summed E-state index contributed by atoms with van der Waals surface area (Å²) in [5.41, 5.74) is 3.05. The lowest BCUT2D eigenvalue weighted by atomic mass is 9.79. The highest BCUT2D eigenvalue weighted by atomic mass is 16.6. The van der Waals surface area contributed by atoms with Crippen molar-refractivity contribution in [1.82, 2.24) is 0 Å². The quantitative estimate of drug-likeness (QED) is 0.569. The Balaban J connectivity index is 2.02. The molecule has 3 aliphatic rings. The number of hydrogen-bond donors (Lipinski definition) is 0. The molecule has 1 heterocycles. The lowest BCUT2D eigenvalue weighted by Gasteiger charge is -2.29. The van der Waals surface area contributed by atoms with E-state index in [2.05, 4.69) is 0 Å². The molecule has 0 amide bonds. The van der Waals surface area contributed by atoms with Crippen LogP contribution < -0.4 is 0 Å². The van der Waals surface area contributed by atoms with Gasteiger partial charge in [0.15, 0.2) is 5.78 Å². The van der Waals surface area contributed by atoms with Gasteiger partial charge in [-0.2, -0.15) is 0 Å². The number of rotatable bonds is 2. The van der Waals surface area contributed by atoms with E-state index in [0.29, 0.717) is 17.6 Å². The molecular weight excluding hydrogens is 320 g/mol. The molecule has 0 radical (unpaired) electrons. The van der Waals surface area contributed by atoms with E-state index in [1.807, 2.05) is 20.8 Å². The molecule has 1 aliphatic heterocycles. The van der Waals surface area contributed by atoms with E-state index in [1.165, 1.54) is 0 Å². The van der Waals surface area contributed by atoms with E-state index >= 15 is 0 Å². The van der Waals surface area contributed by atoms with Gasteiger partial charge in [-0.05, 0) is 33.8 Å². The van der Waals surface area contributed by atoms with E-state index in [9.17, 15) is 14.4 Å². The van der Waals surface area contributed by atoms with E-state index in [4.69, 9.17) is 9.47 Å². The summed E-state index contributed by atoms with van der Waals surface area (Å²) in [6.45, 7) is 9.09. The Labute approximate surface area is 147 Å². The molecule has 2 aliphatic carbocycles. The van der Waals surface area contributed by atoms with Crippen LogP contribution in [-0.4, -0.2) is 29.9 Å². The highest BCUT2D eigenvalue weighted by molar-refractivity contribution is 6.09. The van der Waals surface area contributed by atoms with Crippen LogP contribution in [-0.2, 0) is 23.9 Å². The SMILES string of the molecule is C/C=C(/C)C(=O)O[C@@H]1CC(C)=C2C(=O)C=C(C)[C@H]2[C@@H]2OC(=O)[C@@H](C)[C@@H]21. The van der Waals surface area contributed by atoms with Crippen LogP contribution in [0, 0.1) is 17.8 Å². The fourth-order valence-corrected chi connectivity index (χ4v) is 4.26. The molecule has 3 rings (SSSR count). The van der Waals surface area contributed by atoms with Crippen molar-refractivity contribution in [3.8, 4) is 0 Å². The predicted octanol–water partition coefficient (Wildman–Crippen LogP) is 2.91. The molecule has 0 bridgehead atoms. The molecular formula is C20H24O5. The number of carbonyl (C=O) groups is 3. The summed E-state index contributed by atoms with van der Waals surface area (Å²) < 4.78 is 11.4. The number of hydrogen-bond acceptors (Lipinski definition) is 5. The van der Waals surface area contributed by atoms with Crippen LogP contribution in [0.25, 0.3) is 0 Å². The van der Waals surface area contributed by atoms with Gasteiger partial charge >= 0.3 is 11.9 Å². The average Bonchev–Trinajstić information content (AvgIpc) is 2.96. The predicted molar refractivity (Wildman–Crippen MR) is 91.4 cm³/mol. The van der Waals surface area contributed by atoms with E-state index in [-0.39, 0.29) is 35.5 Å². The molecule has 1 saturated heterocycles. The normalized spacial score (nSPS) is 35.0. The molecule has 134 valence electrons. The first-order chi connectivity index (χ1) is 11.8. The van der Waals surface area contributed by atoms with Crippen molar-refractivity contribution < 1.29 is 23.9 Å². The summed E-state index contributed by atoms with van der Waals surface area (Å²) in [5.74, 6) is -1.55. The minimum Gasteiger partial charge on any atom is -0.461 e. The zero-order valence-electron chi connectivity index (χ0n) is 15.3. The molecule has 25 heavy (non-hydrogen) atoms. The molecule has 1 fully saturated rings. The van der Waals surface area contributed by atoms with Crippen molar-refractivity contribution in [3.05, 3.63) is 34.4 Å². The van der Waals surface area contributed by atoms with E-state index in [1.54, 1.807) is 26.0 Å². The maximum absolute atomic E-state index is 12.4. The summed E-state index contributed by atoms with van der Waals surface area (Å²) >= 11 is 0. The monoisotopic (exact) mass is 344 g/mol. The Morgan fingerprint density at radius 3 is 2.64 bits per heavy atom. The molecule has 0 spiro atoms. The van der Waals surface area contributed by atoms with E-state index in [0.717, 1.165) is 11.1 Å². The van der Waals surface area contributed by atoms with E-state index < -0.39 is 12.2 Å². The molecule has 5 nitrogen and oxygen atoms in total. The molecule has 0 aromatic rings.